The summed E-state index contributed by atoms with van der Waals surface area (Å²) in [5.41, 5.74) is 1.60. The van der Waals surface area contributed by atoms with Crippen LogP contribution in [0.3, 0.4) is 0 Å². The van der Waals surface area contributed by atoms with E-state index in [-0.39, 0.29) is 17.0 Å². The van der Waals surface area contributed by atoms with E-state index in [4.69, 9.17) is 4.74 Å². The molecule has 0 aromatic heterocycles. The number of benzene rings is 3. The molecule has 0 aliphatic heterocycles. The predicted octanol–water partition coefficient (Wildman–Crippen LogP) is 4.15. The van der Waals surface area contributed by atoms with Gasteiger partial charge in [0.05, 0.1) is 11.1 Å². The molecule has 6 nitrogen and oxygen atoms in total. The zero-order chi connectivity index (χ0) is 21.5. The van der Waals surface area contributed by atoms with Gasteiger partial charge in [0, 0.05) is 18.4 Å². The van der Waals surface area contributed by atoms with Crippen molar-refractivity contribution in [3.63, 3.8) is 0 Å². The average molecular weight is 402 g/mol. The van der Waals surface area contributed by atoms with Gasteiger partial charge in [-0.15, -0.1) is 0 Å². The number of para-hydroxylation sites is 2. The van der Waals surface area contributed by atoms with Crippen molar-refractivity contribution in [3.8, 4) is 0 Å². The first-order chi connectivity index (χ1) is 14.5. The lowest BCUT2D eigenvalue weighted by Gasteiger charge is -2.19. The lowest BCUT2D eigenvalue weighted by atomic mass is 10.1. The average Bonchev–Trinajstić information content (AvgIpc) is 2.79. The molecule has 0 radical (unpaired) electrons. The lowest BCUT2D eigenvalue weighted by Crippen LogP contribution is -2.32. The first-order valence-electron chi connectivity index (χ1n) is 9.46. The molecule has 6 heteroatoms. The van der Waals surface area contributed by atoms with Crippen LogP contribution in [0.1, 0.15) is 27.6 Å². The maximum absolute atomic E-state index is 13.0. The predicted molar refractivity (Wildman–Crippen MR) is 116 cm³/mol. The second kappa shape index (κ2) is 9.52. The number of ether oxygens (including phenoxy) is 1. The Morgan fingerprint density at radius 2 is 1.33 bits per heavy atom. The minimum Gasteiger partial charge on any atom is -0.449 e. The SMILES string of the molecule is C[C@@H](OC(=O)c1ccccc1C(=O)N(C)c1ccccc1)C(=O)Nc1ccccc1. The van der Waals surface area contributed by atoms with Crippen LogP contribution in [-0.2, 0) is 9.53 Å². The molecule has 0 aliphatic carbocycles. The molecule has 0 saturated heterocycles. The van der Waals surface area contributed by atoms with Crippen LogP contribution in [0.15, 0.2) is 84.9 Å². The highest BCUT2D eigenvalue weighted by atomic mass is 16.5. The molecule has 2 amide bonds. The van der Waals surface area contributed by atoms with Crippen LogP contribution in [0.25, 0.3) is 0 Å². The fourth-order valence-electron chi connectivity index (χ4n) is 2.84. The Morgan fingerprint density at radius 3 is 1.97 bits per heavy atom. The Hall–Kier alpha value is -3.93. The molecule has 152 valence electrons. The summed E-state index contributed by atoms with van der Waals surface area (Å²) in [5, 5.41) is 2.68. The van der Waals surface area contributed by atoms with Gasteiger partial charge in [-0.2, -0.15) is 0 Å². The number of carbonyl (C=O) groups excluding carboxylic acids is 3. The van der Waals surface area contributed by atoms with E-state index in [1.54, 1.807) is 61.6 Å². The molecule has 0 bridgehead atoms. The number of anilines is 2. The maximum Gasteiger partial charge on any atom is 0.339 e. The van der Waals surface area contributed by atoms with Crippen LogP contribution in [0.2, 0.25) is 0 Å². The van der Waals surface area contributed by atoms with Gasteiger partial charge in [-0.25, -0.2) is 4.79 Å². The van der Waals surface area contributed by atoms with Crippen molar-refractivity contribution in [2.75, 3.05) is 17.3 Å². The molecule has 3 rings (SSSR count). The van der Waals surface area contributed by atoms with Crippen LogP contribution < -0.4 is 10.2 Å². The van der Waals surface area contributed by atoms with E-state index in [1.165, 1.54) is 17.9 Å². The summed E-state index contributed by atoms with van der Waals surface area (Å²) >= 11 is 0. The van der Waals surface area contributed by atoms with Crippen LogP contribution in [0, 0.1) is 0 Å². The van der Waals surface area contributed by atoms with Crippen LogP contribution in [0.4, 0.5) is 11.4 Å². The third-order valence-electron chi connectivity index (χ3n) is 4.52. The highest BCUT2D eigenvalue weighted by molar-refractivity contribution is 6.12. The van der Waals surface area contributed by atoms with Crippen molar-refractivity contribution < 1.29 is 19.1 Å². The van der Waals surface area contributed by atoms with Crippen molar-refractivity contribution in [2.24, 2.45) is 0 Å². The molecule has 3 aromatic carbocycles. The molecule has 0 spiro atoms. The largest absolute Gasteiger partial charge is 0.449 e. The monoisotopic (exact) mass is 402 g/mol. The molecular formula is C24H22N2O4. The molecule has 1 atom stereocenters. The van der Waals surface area contributed by atoms with Crippen LogP contribution in [0.5, 0.6) is 0 Å². The Labute approximate surface area is 175 Å². The van der Waals surface area contributed by atoms with Gasteiger partial charge < -0.3 is 15.0 Å². The van der Waals surface area contributed by atoms with Crippen molar-refractivity contribution in [2.45, 2.75) is 13.0 Å². The summed E-state index contributed by atoms with van der Waals surface area (Å²) in [6.45, 7) is 1.48. The van der Waals surface area contributed by atoms with Gasteiger partial charge in [-0.1, -0.05) is 48.5 Å². The number of nitrogens with zero attached hydrogens (tertiary/aromatic N) is 1. The van der Waals surface area contributed by atoms with Gasteiger partial charge >= 0.3 is 5.97 Å². The fourth-order valence-corrected chi connectivity index (χ4v) is 2.84. The van der Waals surface area contributed by atoms with E-state index in [2.05, 4.69) is 5.32 Å². The summed E-state index contributed by atoms with van der Waals surface area (Å²) in [6, 6.07) is 24.4. The van der Waals surface area contributed by atoms with Crippen molar-refractivity contribution in [1.29, 1.82) is 0 Å². The number of nitrogens with one attached hydrogen (secondary N) is 1. The van der Waals surface area contributed by atoms with E-state index in [1.807, 2.05) is 24.3 Å². The summed E-state index contributed by atoms with van der Waals surface area (Å²) in [6.07, 6.45) is -1.03. The van der Waals surface area contributed by atoms with Gasteiger partial charge in [-0.3, -0.25) is 9.59 Å². The minimum absolute atomic E-state index is 0.102. The summed E-state index contributed by atoms with van der Waals surface area (Å²) in [7, 11) is 1.63. The first-order valence-corrected chi connectivity index (χ1v) is 9.46. The van der Waals surface area contributed by atoms with E-state index in [0.29, 0.717) is 11.4 Å². The number of rotatable bonds is 6. The van der Waals surface area contributed by atoms with Crippen molar-refractivity contribution in [3.05, 3.63) is 96.1 Å². The number of hydrogen-bond acceptors (Lipinski definition) is 4. The van der Waals surface area contributed by atoms with E-state index in [9.17, 15) is 14.4 Å². The number of esters is 1. The molecule has 3 aromatic rings. The van der Waals surface area contributed by atoms with Gasteiger partial charge in [0.25, 0.3) is 11.8 Å². The number of carbonyl (C=O) groups is 3. The molecule has 1 N–H and O–H groups in total. The third kappa shape index (κ3) is 4.91. The van der Waals surface area contributed by atoms with Crippen molar-refractivity contribution >= 4 is 29.2 Å². The molecule has 0 heterocycles. The zero-order valence-electron chi connectivity index (χ0n) is 16.7. The molecule has 0 fully saturated rings. The smallest absolute Gasteiger partial charge is 0.339 e. The molecule has 30 heavy (non-hydrogen) atoms. The molecular weight excluding hydrogens is 380 g/mol. The maximum atomic E-state index is 13.0. The highest BCUT2D eigenvalue weighted by Gasteiger charge is 2.24. The second-order valence-corrected chi connectivity index (χ2v) is 6.65. The van der Waals surface area contributed by atoms with Crippen molar-refractivity contribution in [1.82, 2.24) is 0 Å². The van der Waals surface area contributed by atoms with Gasteiger partial charge in [0.15, 0.2) is 6.10 Å². The summed E-state index contributed by atoms with van der Waals surface area (Å²) in [4.78, 5) is 39.5. The Kier molecular flexibility index (Phi) is 6.60. The Morgan fingerprint density at radius 1 is 0.800 bits per heavy atom. The van der Waals surface area contributed by atoms with Gasteiger partial charge in [0.2, 0.25) is 0 Å². The zero-order valence-corrected chi connectivity index (χ0v) is 16.7. The molecule has 0 aliphatic rings. The standard InChI is InChI=1S/C24H22N2O4/c1-17(22(27)25-18-11-5-3-6-12-18)30-24(29)21-16-10-9-15-20(21)23(28)26(2)19-13-7-4-8-14-19/h3-17H,1-2H3,(H,25,27)/t17-/m1/s1. The van der Waals surface area contributed by atoms with Gasteiger partial charge in [-0.05, 0) is 43.3 Å². The topological polar surface area (TPSA) is 75.7 Å². The highest BCUT2D eigenvalue weighted by Crippen LogP contribution is 2.19. The Bertz CT molecular complexity index is 1040. The third-order valence-corrected chi connectivity index (χ3v) is 4.52. The number of hydrogen-bond donors (Lipinski definition) is 1. The second-order valence-electron chi connectivity index (χ2n) is 6.65. The normalized spacial score (nSPS) is 11.3. The molecule has 0 unspecified atom stereocenters. The van der Waals surface area contributed by atoms with E-state index >= 15 is 0 Å². The fraction of sp³-hybridized carbons (Fsp3) is 0.125. The summed E-state index contributed by atoms with van der Waals surface area (Å²) in [5.74, 6) is -1.55. The van der Waals surface area contributed by atoms with Crippen LogP contribution >= 0.6 is 0 Å². The van der Waals surface area contributed by atoms with E-state index < -0.39 is 18.0 Å². The summed E-state index contributed by atoms with van der Waals surface area (Å²) < 4.78 is 5.32. The first kappa shape index (κ1) is 20.8. The van der Waals surface area contributed by atoms with Gasteiger partial charge in [0.1, 0.15) is 0 Å². The lowest BCUT2D eigenvalue weighted by molar-refractivity contribution is -0.123. The van der Waals surface area contributed by atoms with E-state index in [0.717, 1.165) is 0 Å². The molecule has 0 saturated carbocycles. The van der Waals surface area contributed by atoms with Crippen LogP contribution in [-0.4, -0.2) is 30.9 Å². The minimum atomic E-state index is -1.03. The Balaban J connectivity index is 1.73. The quantitative estimate of drug-likeness (QED) is 0.629. The number of amides is 2.